The van der Waals surface area contributed by atoms with Gasteiger partial charge in [-0.25, -0.2) is 18.4 Å². The van der Waals surface area contributed by atoms with Gasteiger partial charge < -0.3 is 4.90 Å². The van der Waals surface area contributed by atoms with E-state index < -0.39 is 10.0 Å². The van der Waals surface area contributed by atoms with Gasteiger partial charge in [0.25, 0.3) is 10.0 Å². The number of benzene rings is 2. The van der Waals surface area contributed by atoms with E-state index in [-0.39, 0.29) is 10.7 Å². The average molecular weight is 413 g/mol. The van der Waals surface area contributed by atoms with Crippen molar-refractivity contribution in [3.8, 4) is 0 Å². The van der Waals surface area contributed by atoms with Crippen LogP contribution in [-0.2, 0) is 10.0 Å². The molecule has 1 heterocycles. The minimum atomic E-state index is -3.77. The van der Waals surface area contributed by atoms with Gasteiger partial charge in [0.15, 0.2) is 11.6 Å². The molecule has 0 bridgehead atoms. The van der Waals surface area contributed by atoms with Crippen molar-refractivity contribution in [2.45, 2.75) is 32.6 Å². The molecule has 0 saturated heterocycles. The third-order valence-electron chi connectivity index (χ3n) is 4.31. The third-order valence-corrected chi connectivity index (χ3v) is 5.66. The van der Waals surface area contributed by atoms with Crippen LogP contribution >= 0.6 is 0 Å². The number of nitrogens with zero attached hydrogens (tertiary/aromatic N) is 3. The molecule has 0 fully saturated rings. The molecule has 0 amide bonds. The number of aromatic nitrogens is 2. The Morgan fingerprint density at radius 2 is 1.34 bits per heavy atom. The van der Waals surface area contributed by atoms with Crippen LogP contribution in [0.4, 0.5) is 11.6 Å². The summed E-state index contributed by atoms with van der Waals surface area (Å²) in [7, 11) is -3.77. The van der Waals surface area contributed by atoms with Crippen molar-refractivity contribution in [1.29, 1.82) is 0 Å². The fourth-order valence-corrected chi connectivity index (χ4v) is 4.22. The highest BCUT2D eigenvalue weighted by Gasteiger charge is 2.23. The maximum absolute atomic E-state index is 13.0. The summed E-state index contributed by atoms with van der Waals surface area (Å²) in [5.41, 5.74) is 1.39. The van der Waals surface area contributed by atoms with E-state index in [1.807, 2.05) is 24.3 Å². The second-order valence-electron chi connectivity index (χ2n) is 8.00. The number of sulfonamides is 1. The van der Waals surface area contributed by atoms with Crippen molar-refractivity contribution < 1.29 is 8.42 Å². The van der Waals surface area contributed by atoms with E-state index in [1.165, 1.54) is 0 Å². The van der Waals surface area contributed by atoms with Gasteiger partial charge >= 0.3 is 0 Å². The molecule has 1 N–H and O–H groups in total. The van der Waals surface area contributed by atoms with Gasteiger partial charge in [-0.1, -0.05) is 58.0 Å². The summed E-state index contributed by atoms with van der Waals surface area (Å²) in [6.07, 6.45) is 0. The van der Waals surface area contributed by atoms with Crippen LogP contribution in [0.2, 0.25) is 0 Å². The average Bonchev–Trinajstić information content (AvgIpc) is 2.66. The monoisotopic (exact) mass is 412 g/mol. The van der Waals surface area contributed by atoms with Gasteiger partial charge in [0.1, 0.15) is 0 Å². The highest BCUT2D eigenvalue weighted by atomic mass is 32.2. The second kappa shape index (κ2) is 8.78. The molecule has 0 saturated carbocycles. The maximum atomic E-state index is 13.0. The van der Waals surface area contributed by atoms with Gasteiger partial charge in [-0.15, -0.1) is 0 Å². The van der Waals surface area contributed by atoms with Gasteiger partial charge in [0.05, 0.1) is 15.9 Å². The molecule has 0 unspecified atom stereocenters. The zero-order chi connectivity index (χ0) is 21.0. The molecule has 0 aliphatic heterocycles. The number of nitrogens with one attached hydrogen (secondary N) is 1. The molecule has 0 aliphatic carbocycles. The van der Waals surface area contributed by atoms with Crippen LogP contribution in [0.5, 0.6) is 0 Å². The predicted octanol–water partition coefficient (Wildman–Crippen LogP) is 4.55. The second-order valence-corrected chi connectivity index (χ2v) is 9.68. The summed E-state index contributed by atoms with van der Waals surface area (Å²) in [4.78, 5) is 11.7. The van der Waals surface area contributed by atoms with Crippen LogP contribution in [0.15, 0.2) is 59.5 Å². The van der Waals surface area contributed by atoms with Crippen molar-refractivity contribution in [2.24, 2.45) is 11.8 Å². The lowest BCUT2D eigenvalue weighted by Gasteiger charge is -2.29. The third kappa shape index (κ3) is 5.23. The number of hydrogen-bond donors (Lipinski definition) is 1. The number of para-hydroxylation sites is 2. The first kappa shape index (κ1) is 21.0. The highest BCUT2D eigenvalue weighted by Crippen LogP contribution is 2.28. The molecule has 3 rings (SSSR count). The molecule has 0 atom stereocenters. The smallest absolute Gasteiger partial charge is 0.263 e. The normalized spacial score (nSPS) is 11.9. The summed E-state index contributed by atoms with van der Waals surface area (Å²) >= 11 is 0. The Kier molecular flexibility index (Phi) is 6.37. The minimum absolute atomic E-state index is 0.195. The molecule has 1 aromatic heterocycles. The minimum Gasteiger partial charge on any atom is -0.353 e. The zero-order valence-electron chi connectivity index (χ0n) is 17.3. The van der Waals surface area contributed by atoms with Crippen molar-refractivity contribution in [3.05, 3.63) is 54.6 Å². The molecule has 154 valence electrons. The Morgan fingerprint density at radius 1 is 0.828 bits per heavy atom. The van der Waals surface area contributed by atoms with E-state index in [9.17, 15) is 8.42 Å². The summed E-state index contributed by atoms with van der Waals surface area (Å²) in [6, 6.07) is 15.8. The molecule has 0 radical (unpaired) electrons. The predicted molar refractivity (Wildman–Crippen MR) is 119 cm³/mol. The lowest BCUT2D eigenvalue weighted by Crippen LogP contribution is -2.33. The van der Waals surface area contributed by atoms with E-state index in [0.717, 1.165) is 18.6 Å². The van der Waals surface area contributed by atoms with Crippen LogP contribution in [0, 0.1) is 11.8 Å². The first-order valence-electron chi connectivity index (χ1n) is 9.86. The fourth-order valence-electron chi connectivity index (χ4n) is 3.19. The van der Waals surface area contributed by atoms with Crippen LogP contribution < -0.4 is 9.62 Å². The first-order chi connectivity index (χ1) is 13.8. The van der Waals surface area contributed by atoms with E-state index >= 15 is 0 Å². The SMILES string of the molecule is CC(C)CN(CC(C)C)c1nc2ccccc2nc1NS(=O)(=O)c1ccccc1. The van der Waals surface area contributed by atoms with E-state index in [1.54, 1.807) is 30.3 Å². The van der Waals surface area contributed by atoms with Crippen LogP contribution in [-0.4, -0.2) is 31.5 Å². The topological polar surface area (TPSA) is 75.2 Å². The zero-order valence-corrected chi connectivity index (χ0v) is 18.1. The number of rotatable bonds is 8. The first-order valence-corrected chi connectivity index (χ1v) is 11.3. The quantitative estimate of drug-likeness (QED) is 0.587. The van der Waals surface area contributed by atoms with Crippen LogP contribution in [0.25, 0.3) is 11.0 Å². The number of anilines is 2. The van der Waals surface area contributed by atoms with Crippen molar-refractivity contribution >= 4 is 32.7 Å². The molecule has 0 spiro atoms. The Labute approximate surface area is 173 Å². The lowest BCUT2D eigenvalue weighted by molar-refractivity contribution is 0.549. The fraction of sp³-hybridized carbons (Fsp3) is 0.364. The van der Waals surface area contributed by atoms with Gasteiger partial charge in [0.2, 0.25) is 0 Å². The Morgan fingerprint density at radius 3 is 1.90 bits per heavy atom. The van der Waals surface area contributed by atoms with Gasteiger partial charge in [0, 0.05) is 13.1 Å². The lowest BCUT2D eigenvalue weighted by atomic mass is 10.1. The Balaban J connectivity index is 2.12. The Hall–Kier alpha value is -2.67. The standard InChI is InChI=1S/C22H28N4O2S/c1-16(2)14-26(15-17(3)4)22-21(23-19-12-8-9-13-20(19)24-22)25-29(27,28)18-10-6-5-7-11-18/h5-13,16-17H,14-15H2,1-4H3,(H,23,25). The molecule has 3 aromatic rings. The van der Waals surface area contributed by atoms with Gasteiger partial charge in [-0.3, -0.25) is 4.72 Å². The molecular formula is C22H28N4O2S. The Bertz CT molecular complexity index is 1060. The molecule has 7 heteroatoms. The molecule has 6 nitrogen and oxygen atoms in total. The van der Waals surface area contributed by atoms with Crippen molar-refractivity contribution in [3.63, 3.8) is 0 Å². The van der Waals surface area contributed by atoms with Gasteiger partial charge in [-0.2, -0.15) is 0 Å². The van der Waals surface area contributed by atoms with Crippen molar-refractivity contribution in [2.75, 3.05) is 22.7 Å². The molecular weight excluding hydrogens is 384 g/mol. The summed E-state index contributed by atoms with van der Waals surface area (Å²) < 4.78 is 28.6. The number of hydrogen-bond acceptors (Lipinski definition) is 5. The summed E-state index contributed by atoms with van der Waals surface area (Å²) in [5, 5.41) is 0. The molecule has 0 aliphatic rings. The van der Waals surface area contributed by atoms with E-state index in [4.69, 9.17) is 4.98 Å². The molecule has 29 heavy (non-hydrogen) atoms. The summed E-state index contributed by atoms with van der Waals surface area (Å²) in [6.45, 7) is 10.0. The van der Waals surface area contributed by atoms with Crippen LogP contribution in [0.3, 0.4) is 0 Å². The van der Waals surface area contributed by atoms with Crippen LogP contribution in [0.1, 0.15) is 27.7 Å². The molecule has 2 aromatic carbocycles. The van der Waals surface area contributed by atoms with E-state index in [2.05, 4.69) is 42.3 Å². The highest BCUT2D eigenvalue weighted by molar-refractivity contribution is 7.92. The van der Waals surface area contributed by atoms with Gasteiger partial charge in [-0.05, 0) is 36.1 Å². The summed E-state index contributed by atoms with van der Waals surface area (Å²) in [5.74, 6) is 1.60. The number of fused-ring (bicyclic) bond motifs is 1. The largest absolute Gasteiger partial charge is 0.353 e. The van der Waals surface area contributed by atoms with Crippen molar-refractivity contribution in [1.82, 2.24) is 9.97 Å². The van der Waals surface area contributed by atoms with E-state index in [0.29, 0.717) is 23.2 Å². The maximum Gasteiger partial charge on any atom is 0.263 e.